The first-order chi connectivity index (χ1) is 9.59. The molecule has 2 aliphatic rings. The van der Waals surface area contributed by atoms with Gasteiger partial charge in [0.25, 0.3) is 0 Å². The van der Waals surface area contributed by atoms with E-state index in [0.717, 1.165) is 32.1 Å². The highest BCUT2D eigenvalue weighted by Crippen LogP contribution is 2.21. The maximum atomic E-state index is 12.3. The largest absolute Gasteiger partial charge is 0.480 e. The van der Waals surface area contributed by atoms with Crippen LogP contribution in [0.5, 0.6) is 0 Å². The lowest BCUT2D eigenvalue weighted by Crippen LogP contribution is -2.53. The van der Waals surface area contributed by atoms with E-state index in [-0.39, 0.29) is 11.9 Å². The van der Waals surface area contributed by atoms with Gasteiger partial charge in [-0.05, 0) is 39.2 Å². The predicted octanol–water partition coefficient (Wildman–Crippen LogP) is 1.76. The minimum absolute atomic E-state index is 0.00921. The van der Waals surface area contributed by atoms with E-state index in [1.54, 1.807) is 0 Å². The molecular formula is C15H26N2O3. The summed E-state index contributed by atoms with van der Waals surface area (Å²) in [5, 5.41) is 12.5. The molecule has 0 aromatic heterocycles. The zero-order valence-electron chi connectivity index (χ0n) is 12.3. The van der Waals surface area contributed by atoms with Crippen molar-refractivity contribution in [1.29, 1.82) is 0 Å². The Morgan fingerprint density at radius 1 is 1.10 bits per heavy atom. The van der Waals surface area contributed by atoms with Crippen molar-refractivity contribution in [3.63, 3.8) is 0 Å². The molecule has 114 valence electrons. The standard InChI is InChI=1S/C15H26N2O3/c1-11(14(18)16-12-7-4-5-8-12)17-10-6-2-3-9-13(17)15(19)20/h11-13H,2-10H2,1H3,(H,16,18)(H,19,20). The molecule has 1 saturated carbocycles. The third-order valence-electron chi connectivity index (χ3n) is 4.66. The number of carboxylic acids is 1. The zero-order chi connectivity index (χ0) is 14.5. The first kappa shape index (κ1) is 15.3. The van der Waals surface area contributed by atoms with Crippen LogP contribution < -0.4 is 5.32 Å². The molecule has 5 nitrogen and oxygen atoms in total. The second kappa shape index (κ2) is 7.07. The van der Waals surface area contributed by atoms with Crippen LogP contribution in [0.1, 0.15) is 58.3 Å². The number of amides is 1. The van der Waals surface area contributed by atoms with Crippen molar-refractivity contribution in [2.24, 2.45) is 0 Å². The van der Waals surface area contributed by atoms with Crippen molar-refractivity contribution in [2.75, 3.05) is 6.54 Å². The van der Waals surface area contributed by atoms with Crippen LogP contribution in [-0.4, -0.2) is 46.6 Å². The molecule has 0 bridgehead atoms. The van der Waals surface area contributed by atoms with Gasteiger partial charge in [0.05, 0.1) is 6.04 Å². The first-order valence-electron chi connectivity index (χ1n) is 7.88. The molecule has 1 saturated heterocycles. The molecule has 20 heavy (non-hydrogen) atoms. The topological polar surface area (TPSA) is 69.6 Å². The summed E-state index contributed by atoms with van der Waals surface area (Å²) in [7, 11) is 0. The monoisotopic (exact) mass is 282 g/mol. The van der Waals surface area contributed by atoms with Gasteiger partial charge in [0.2, 0.25) is 5.91 Å². The highest BCUT2D eigenvalue weighted by molar-refractivity contribution is 5.83. The normalized spacial score (nSPS) is 26.9. The molecule has 2 fully saturated rings. The average Bonchev–Trinajstić information content (AvgIpc) is 2.79. The lowest BCUT2D eigenvalue weighted by Gasteiger charge is -2.32. The maximum Gasteiger partial charge on any atom is 0.320 e. The molecule has 0 spiro atoms. The van der Waals surface area contributed by atoms with Crippen LogP contribution in [0.3, 0.4) is 0 Å². The van der Waals surface area contributed by atoms with Crippen molar-refractivity contribution < 1.29 is 14.7 Å². The highest BCUT2D eigenvalue weighted by Gasteiger charge is 2.34. The number of likely N-dealkylation sites (tertiary alicyclic amines) is 1. The van der Waals surface area contributed by atoms with Gasteiger partial charge in [0.1, 0.15) is 6.04 Å². The molecule has 2 atom stereocenters. The van der Waals surface area contributed by atoms with Crippen LogP contribution in [0.25, 0.3) is 0 Å². The third kappa shape index (κ3) is 3.72. The van der Waals surface area contributed by atoms with Gasteiger partial charge in [-0.2, -0.15) is 0 Å². The van der Waals surface area contributed by atoms with E-state index < -0.39 is 12.0 Å². The van der Waals surface area contributed by atoms with E-state index in [4.69, 9.17) is 0 Å². The summed E-state index contributed by atoms with van der Waals surface area (Å²) >= 11 is 0. The molecule has 2 unspecified atom stereocenters. The minimum Gasteiger partial charge on any atom is -0.480 e. The summed E-state index contributed by atoms with van der Waals surface area (Å²) in [6.07, 6.45) is 8.09. The Morgan fingerprint density at radius 3 is 2.40 bits per heavy atom. The van der Waals surface area contributed by atoms with Gasteiger partial charge < -0.3 is 10.4 Å². The van der Waals surface area contributed by atoms with E-state index in [1.165, 1.54) is 12.8 Å². The molecule has 1 amide bonds. The van der Waals surface area contributed by atoms with Gasteiger partial charge in [-0.15, -0.1) is 0 Å². The highest BCUT2D eigenvalue weighted by atomic mass is 16.4. The molecule has 0 radical (unpaired) electrons. The van der Waals surface area contributed by atoms with E-state index in [0.29, 0.717) is 19.0 Å². The quantitative estimate of drug-likeness (QED) is 0.824. The SMILES string of the molecule is CC(C(=O)NC1CCCC1)N1CCCCCC1C(=O)O. The Labute approximate surface area is 120 Å². The van der Waals surface area contributed by atoms with Crippen molar-refractivity contribution in [3.8, 4) is 0 Å². The molecule has 1 aliphatic carbocycles. The molecule has 1 aliphatic heterocycles. The van der Waals surface area contributed by atoms with E-state index >= 15 is 0 Å². The number of carboxylic acid groups (broad SMARTS) is 1. The molecule has 2 N–H and O–H groups in total. The maximum absolute atomic E-state index is 12.3. The fourth-order valence-corrected chi connectivity index (χ4v) is 3.40. The number of nitrogens with zero attached hydrogens (tertiary/aromatic N) is 1. The van der Waals surface area contributed by atoms with Gasteiger partial charge in [0, 0.05) is 6.04 Å². The summed E-state index contributed by atoms with van der Waals surface area (Å²) < 4.78 is 0. The number of aliphatic carboxylic acids is 1. The van der Waals surface area contributed by atoms with Crippen LogP contribution in [0, 0.1) is 0 Å². The van der Waals surface area contributed by atoms with E-state index in [2.05, 4.69) is 5.32 Å². The lowest BCUT2D eigenvalue weighted by atomic mass is 10.1. The second-order valence-electron chi connectivity index (χ2n) is 6.11. The van der Waals surface area contributed by atoms with Crippen LogP contribution in [0.2, 0.25) is 0 Å². The molecule has 0 aromatic carbocycles. The number of carbonyl (C=O) groups is 2. The van der Waals surface area contributed by atoms with Gasteiger partial charge in [0.15, 0.2) is 0 Å². The lowest BCUT2D eigenvalue weighted by molar-refractivity contribution is -0.145. The number of rotatable bonds is 4. The Balaban J connectivity index is 1.97. The van der Waals surface area contributed by atoms with E-state index in [1.807, 2.05) is 11.8 Å². The van der Waals surface area contributed by atoms with Gasteiger partial charge in [-0.3, -0.25) is 14.5 Å². The van der Waals surface area contributed by atoms with E-state index in [9.17, 15) is 14.7 Å². The van der Waals surface area contributed by atoms with Crippen molar-refractivity contribution >= 4 is 11.9 Å². The van der Waals surface area contributed by atoms with Gasteiger partial charge in [-0.1, -0.05) is 25.7 Å². The molecule has 0 aromatic rings. The Kier molecular flexibility index (Phi) is 5.40. The van der Waals surface area contributed by atoms with Crippen LogP contribution >= 0.6 is 0 Å². The first-order valence-corrected chi connectivity index (χ1v) is 7.88. The Morgan fingerprint density at radius 2 is 1.75 bits per heavy atom. The minimum atomic E-state index is -0.799. The third-order valence-corrected chi connectivity index (χ3v) is 4.66. The number of nitrogens with one attached hydrogen (secondary N) is 1. The molecule has 2 rings (SSSR count). The Bertz CT molecular complexity index is 353. The summed E-state index contributed by atoms with van der Waals surface area (Å²) in [5.41, 5.74) is 0. The number of hydrogen-bond acceptors (Lipinski definition) is 3. The van der Waals surface area contributed by atoms with Crippen molar-refractivity contribution in [1.82, 2.24) is 10.2 Å². The molecule has 1 heterocycles. The van der Waals surface area contributed by atoms with Gasteiger partial charge in [-0.25, -0.2) is 0 Å². The molecule has 5 heteroatoms. The van der Waals surface area contributed by atoms with Crippen molar-refractivity contribution in [3.05, 3.63) is 0 Å². The number of hydrogen-bond donors (Lipinski definition) is 2. The number of carbonyl (C=O) groups excluding carboxylic acids is 1. The predicted molar refractivity (Wildman–Crippen MR) is 76.5 cm³/mol. The van der Waals surface area contributed by atoms with Crippen LogP contribution in [0.4, 0.5) is 0 Å². The summed E-state index contributed by atoms with van der Waals surface area (Å²) in [4.78, 5) is 25.6. The summed E-state index contributed by atoms with van der Waals surface area (Å²) in [5.74, 6) is -0.808. The summed E-state index contributed by atoms with van der Waals surface area (Å²) in [6, 6.07) is -0.572. The zero-order valence-corrected chi connectivity index (χ0v) is 12.3. The average molecular weight is 282 g/mol. The summed E-state index contributed by atoms with van der Waals surface area (Å²) in [6.45, 7) is 2.54. The fourth-order valence-electron chi connectivity index (χ4n) is 3.40. The van der Waals surface area contributed by atoms with Gasteiger partial charge >= 0.3 is 5.97 Å². The second-order valence-corrected chi connectivity index (χ2v) is 6.11. The van der Waals surface area contributed by atoms with Crippen LogP contribution in [0.15, 0.2) is 0 Å². The Hall–Kier alpha value is -1.10. The molecular weight excluding hydrogens is 256 g/mol. The van der Waals surface area contributed by atoms with Crippen molar-refractivity contribution in [2.45, 2.75) is 76.4 Å². The fraction of sp³-hybridized carbons (Fsp3) is 0.867. The van der Waals surface area contributed by atoms with Crippen LogP contribution in [-0.2, 0) is 9.59 Å². The smallest absolute Gasteiger partial charge is 0.320 e.